The molecule has 4 N–H and O–H groups in total. The van der Waals surface area contributed by atoms with E-state index in [1.807, 2.05) is 0 Å². The molecule has 5 heteroatoms. The molecule has 1 aromatic carbocycles. The fourth-order valence-electron chi connectivity index (χ4n) is 1.35. The number of nitrogen functional groups attached to an aromatic ring is 1. The number of nitrogens with two attached hydrogens (primary N) is 2. The smallest absolute Gasteiger partial charge is 0.267 e. The zero-order valence-electron chi connectivity index (χ0n) is 7.70. The monoisotopic (exact) mass is 221 g/mol. The van der Waals surface area contributed by atoms with E-state index in [0.29, 0.717) is 16.2 Å². The number of carbonyl (C=O) groups excluding carboxylic acids is 1. The Labute approximate surface area is 90.8 Å². The minimum Gasteiger partial charge on any atom is -0.398 e. The van der Waals surface area contributed by atoms with Crippen LogP contribution < -0.4 is 11.5 Å². The third-order valence-corrected chi connectivity index (χ3v) is 2.29. The Kier molecular flexibility index (Phi) is 2.21. The number of primary amides is 1. The Bertz CT molecular complexity index is 554. The molecule has 1 heterocycles. The second-order valence-corrected chi connectivity index (χ2v) is 3.56. The van der Waals surface area contributed by atoms with Crippen molar-refractivity contribution in [2.24, 2.45) is 5.73 Å². The van der Waals surface area contributed by atoms with Gasteiger partial charge in [-0.05, 0) is 24.3 Å². The van der Waals surface area contributed by atoms with Crippen LogP contribution in [0.3, 0.4) is 0 Å². The van der Waals surface area contributed by atoms with Crippen molar-refractivity contribution in [3.63, 3.8) is 0 Å². The predicted octanol–water partition coefficient (Wildman–Crippen LogP) is 1.57. The molecule has 0 saturated heterocycles. The van der Waals surface area contributed by atoms with Crippen LogP contribution in [0.2, 0.25) is 5.02 Å². The van der Waals surface area contributed by atoms with Crippen LogP contribution in [0, 0.1) is 0 Å². The first-order valence-electron chi connectivity index (χ1n) is 4.23. The number of anilines is 1. The van der Waals surface area contributed by atoms with Crippen LogP contribution in [0.5, 0.6) is 0 Å². The number of nitrogens with zero attached hydrogens (tertiary/aromatic N) is 1. The van der Waals surface area contributed by atoms with E-state index in [1.165, 1.54) is 6.07 Å². The predicted molar refractivity (Wildman–Crippen MR) is 59.7 cm³/mol. The minimum absolute atomic E-state index is 0.141. The van der Waals surface area contributed by atoms with Crippen molar-refractivity contribution < 1.29 is 4.79 Å². The van der Waals surface area contributed by atoms with Gasteiger partial charge in [0.2, 0.25) is 0 Å². The highest BCUT2D eigenvalue weighted by atomic mass is 35.5. The third-order valence-electron chi connectivity index (χ3n) is 2.06. The first-order valence-corrected chi connectivity index (χ1v) is 4.61. The number of fused-ring (bicyclic) bond motifs is 1. The fourth-order valence-corrected chi connectivity index (χ4v) is 1.52. The summed E-state index contributed by atoms with van der Waals surface area (Å²) in [4.78, 5) is 15.0. The molecule has 0 aliphatic carbocycles. The summed E-state index contributed by atoms with van der Waals surface area (Å²) in [7, 11) is 0. The van der Waals surface area contributed by atoms with Crippen LogP contribution in [0.1, 0.15) is 10.5 Å². The normalized spacial score (nSPS) is 10.5. The molecule has 76 valence electrons. The molecular formula is C10H8ClN3O. The van der Waals surface area contributed by atoms with E-state index in [0.717, 1.165) is 5.39 Å². The van der Waals surface area contributed by atoms with E-state index in [2.05, 4.69) is 4.98 Å². The molecule has 0 saturated carbocycles. The molecule has 0 spiro atoms. The molecule has 4 nitrogen and oxygen atoms in total. The third kappa shape index (κ3) is 1.71. The number of aromatic nitrogens is 1. The molecule has 0 unspecified atom stereocenters. The summed E-state index contributed by atoms with van der Waals surface area (Å²) in [6.07, 6.45) is 0. The van der Waals surface area contributed by atoms with Crippen LogP contribution in [0.15, 0.2) is 24.3 Å². The highest BCUT2D eigenvalue weighted by Gasteiger charge is 2.07. The lowest BCUT2D eigenvalue weighted by atomic mass is 10.1. The number of pyridine rings is 1. The van der Waals surface area contributed by atoms with Gasteiger partial charge < -0.3 is 11.5 Å². The van der Waals surface area contributed by atoms with Crippen molar-refractivity contribution in [1.29, 1.82) is 0 Å². The van der Waals surface area contributed by atoms with Gasteiger partial charge in [0.15, 0.2) is 0 Å². The summed E-state index contributed by atoms with van der Waals surface area (Å²) in [5, 5.41) is 1.29. The van der Waals surface area contributed by atoms with Crippen molar-refractivity contribution in [1.82, 2.24) is 4.98 Å². The van der Waals surface area contributed by atoms with Crippen LogP contribution in [0.4, 0.5) is 5.69 Å². The lowest BCUT2D eigenvalue weighted by Crippen LogP contribution is -2.13. The molecule has 2 rings (SSSR count). The molecule has 15 heavy (non-hydrogen) atoms. The summed E-state index contributed by atoms with van der Waals surface area (Å²) < 4.78 is 0. The van der Waals surface area contributed by atoms with Crippen molar-refractivity contribution in [2.75, 3.05) is 5.73 Å². The maximum atomic E-state index is 11.0. The Morgan fingerprint density at radius 2 is 2.07 bits per heavy atom. The Morgan fingerprint density at radius 3 is 2.73 bits per heavy atom. The molecule has 0 fully saturated rings. The standard InChI is InChI=1S/C10H8ClN3O/c11-5-1-2-6-7(12)4-9(10(13)15)14-8(6)3-5/h1-4H,(H2,12,14)(H2,13,15). The molecule has 2 aromatic rings. The van der Waals surface area contributed by atoms with Crippen molar-refractivity contribution in [2.45, 2.75) is 0 Å². The highest BCUT2D eigenvalue weighted by Crippen LogP contribution is 2.23. The summed E-state index contributed by atoms with van der Waals surface area (Å²) in [6, 6.07) is 6.56. The molecule has 0 aliphatic heterocycles. The maximum absolute atomic E-state index is 11.0. The molecule has 0 aliphatic rings. The van der Waals surface area contributed by atoms with Gasteiger partial charge in [-0.3, -0.25) is 4.79 Å². The summed E-state index contributed by atoms with van der Waals surface area (Å²) >= 11 is 5.81. The Balaban J connectivity index is 2.79. The highest BCUT2D eigenvalue weighted by molar-refractivity contribution is 6.31. The average molecular weight is 222 g/mol. The summed E-state index contributed by atoms with van der Waals surface area (Å²) in [5.41, 5.74) is 12.0. The van der Waals surface area contributed by atoms with E-state index in [1.54, 1.807) is 18.2 Å². The molecule has 1 amide bonds. The number of hydrogen-bond acceptors (Lipinski definition) is 3. The first-order chi connectivity index (χ1) is 7.08. The van der Waals surface area contributed by atoms with Crippen LogP contribution in [-0.4, -0.2) is 10.9 Å². The number of amides is 1. The number of hydrogen-bond donors (Lipinski definition) is 2. The maximum Gasteiger partial charge on any atom is 0.267 e. The number of carbonyl (C=O) groups is 1. The molecule has 0 radical (unpaired) electrons. The average Bonchev–Trinajstić information content (AvgIpc) is 2.16. The largest absolute Gasteiger partial charge is 0.398 e. The fraction of sp³-hybridized carbons (Fsp3) is 0. The van der Waals surface area contributed by atoms with E-state index in [4.69, 9.17) is 23.1 Å². The number of halogens is 1. The molecule has 0 bridgehead atoms. The zero-order valence-corrected chi connectivity index (χ0v) is 8.45. The van der Waals surface area contributed by atoms with E-state index < -0.39 is 5.91 Å². The van der Waals surface area contributed by atoms with Crippen LogP contribution in [0.25, 0.3) is 10.9 Å². The molecule has 0 atom stereocenters. The number of rotatable bonds is 1. The van der Waals surface area contributed by atoms with Crippen molar-refractivity contribution in [3.8, 4) is 0 Å². The minimum atomic E-state index is -0.608. The summed E-state index contributed by atoms with van der Waals surface area (Å²) in [5.74, 6) is -0.608. The molecular weight excluding hydrogens is 214 g/mol. The van der Waals surface area contributed by atoms with Gasteiger partial charge in [0, 0.05) is 16.1 Å². The van der Waals surface area contributed by atoms with E-state index >= 15 is 0 Å². The van der Waals surface area contributed by atoms with Crippen LogP contribution >= 0.6 is 11.6 Å². The number of benzene rings is 1. The van der Waals surface area contributed by atoms with Gasteiger partial charge in [0.1, 0.15) is 5.69 Å². The van der Waals surface area contributed by atoms with Gasteiger partial charge in [-0.15, -0.1) is 0 Å². The van der Waals surface area contributed by atoms with Gasteiger partial charge in [0.05, 0.1) is 5.52 Å². The van der Waals surface area contributed by atoms with Gasteiger partial charge in [-0.25, -0.2) is 4.98 Å². The second kappa shape index (κ2) is 3.40. The SMILES string of the molecule is NC(=O)c1cc(N)c2ccc(Cl)cc2n1. The Morgan fingerprint density at radius 1 is 1.33 bits per heavy atom. The lowest BCUT2D eigenvalue weighted by molar-refractivity contribution is 0.0996. The summed E-state index contributed by atoms with van der Waals surface area (Å²) in [6.45, 7) is 0. The second-order valence-electron chi connectivity index (χ2n) is 3.12. The van der Waals surface area contributed by atoms with E-state index in [-0.39, 0.29) is 5.69 Å². The molecule has 1 aromatic heterocycles. The first kappa shape index (κ1) is 9.73. The van der Waals surface area contributed by atoms with E-state index in [9.17, 15) is 4.79 Å². The van der Waals surface area contributed by atoms with Gasteiger partial charge >= 0.3 is 0 Å². The van der Waals surface area contributed by atoms with Gasteiger partial charge in [0.25, 0.3) is 5.91 Å². The topological polar surface area (TPSA) is 82.0 Å². The van der Waals surface area contributed by atoms with Crippen molar-refractivity contribution >= 4 is 34.1 Å². The van der Waals surface area contributed by atoms with Crippen LogP contribution in [-0.2, 0) is 0 Å². The zero-order chi connectivity index (χ0) is 11.0. The van der Waals surface area contributed by atoms with Gasteiger partial charge in [-0.1, -0.05) is 11.6 Å². The van der Waals surface area contributed by atoms with Crippen molar-refractivity contribution in [3.05, 3.63) is 35.0 Å². The quantitative estimate of drug-likeness (QED) is 0.767. The lowest BCUT2D eigenvalue weighted by Gasteiger charge is -2.03. The van der Waals surface area contributed by atoms with Gasteiger partial charge in [-0.2, -0.15) is 0 Å². The Hall–Kier alpha value is -1.81.